The first-order chi connectivity index (χ1) is 8.71. The molecule has 0 aliphatic carbocycles. The number of hydrogen-bond acceptors (Lipinski definition) is 3. The number of aromatic hydroxyl groups is 1. The summed E-state index contributed by atoms with van der Waals surface area (Å²) >= 11 is 0. The number of carboxylic acids is 1. The Kier molecular flexibility index (Phi) is 4.37. The first kappa shape index (κ1) is 14.8. The minimum atomic E-state index is -0.974. The molecule has 0 aromatic heterocycles. The van der Waals surface area contributed by atoms with E-state index < -0.39 is 17.5 Å². The Morgan fingerprint density at radius 3 is 2.26 bits per heavy atom. The van der Waals surface area contributed by atoms with Crippen molar-refractivity contribution >= 4 is 17.7 Å². The Bertz CT molecular complexity index is 468. The van der Waals surface area contributed by atoms with E-state index in [2.05, 4.69) is 5.32 Å². The van der Waals surface area contributed by atoms with Crippen LogP contribution < -0.4 is 10.2 Å². The third-order valence-corrected chi connectivity index (χ3v) is 2.58. The summed E-state index contributed by atoms with van der Waals surface area (Å²) in [5, 5.41) is 20.6. The summed E-state index contributed by atoms with van der Waals surface area (Å²) in [5.74, 6) is -0.860. The highest BCUT2D eigenvalue weighted by Crippen LogP contribution is 2.18. The van der Waals surface area contributed by atoms with E-state index in [1.54, 1.807) is 33.0 Å². The lowest BCUT2D eigenvalue weighted by atomic mass is 10.0. The van der Waals surface area contributed by atoms with Gasteiger partial charge in [0.15, 0.2) is 0 Å². The molecule has 0 spiro atoms. The van der Waals surface area contributed by atoms with Crippen molar-refractivity contribution in [3.8, 4) is 5.75 Å². The number of carbonyl (C=O) groups is 2. The predicted octanol–water partition coefficient (Wildman–Crippen LogP) is 1.79. The standard InChI is InChI=1S/C13H18N2O4/c1-13(2,8-11(17)18)14-12(19)15(3)9-4-6-10(16)7-5-9/h4-7,16H,8H2,1-3H3,(H,14,19)(H,17,18). The summed E-state index contributed by atoms with van der Waals surface area (Å²) < 4.78 is 0. The number of phenols is 1. The Morgan fingerprint density at radius 2 is 1.79 bits per heavy atom. The number of nitrogens with zero attached hydrogens (tertiary/aromatic N) is 1. The molecule has 0 aliphatic rings. The van der Waals surface area contributed by atoms with E-state index >= 15 is 0 Å². The van der Waals surface area contributed by atoms with Gasteiger partial charge < -0.3 is 15.5 Å². The Morgan fingerprint density at radius 1 is 1.26 bits per heavy atom. The van der Waals surface area contributed by atoms with Gasteiger partial charge in [0.2, 0.25) is 0 Å². The Balaban J connectivity index is 2.72. The highest BCUT2D eigenvalue weighted by Gasteiger charge is 2.25. The molecule has 0 atom stereocenters. The van der Waals surface area contributed by atoms with Gasteiger partial charge in [-0.3, -0.25) is 9.69 Å². The van der Waals surface area contributed by atoms with Gasteiger partial charge in [-0.25, -0.2) is 4.79 Å². The molecule has 0 unspecified atom stereocenters. The van der Waals surface area contributed by atoms with Gasteiger partial charge in [-0.1, -0.05) is 0 Å². The number of phenolic OH excluding ortho intramolecular Hbond substituents is 1. The summed E-state index contributed by atoms with van der Waals surface area (Å²) in [6.45, 7) is 3.29. The SMILES string of the molecule is CN(C(=O)NC(C)(C)CC(=O)O)c1ccc(O)cc1. The fourth-order valence-electron chi connectivity index (χ4n) is 1.59. The summed E-state index contributed by atoms with van der Waals surface area (Å²) in [4.78, 5) is 24.0. The molecular weight excluding hydrogens is 248 g/mol. The average molecular weight is 266 g/mol. The van der Waals surface area contributed by atoms with E-state index in [9.17, 15) is 14.7 Å². The van der Waals surface area contributed by atoms with Crippen LogP contribution in [0.3, 0.4) is 0 Å². The fraction of sp³-hybridized carbons (Fsp3) is 0.385. The van der Waals surface area contributed by atoms with Crippen molar-refractivity contribution in [2.75, 3.05) is 11.9 Å². The van der Waals surface area contributed by atoms with Gasteiger partial charge in [-0.05, 0) is 38.1 Å². The molecule has 0 heterocycles. The monoisotopic (exact) mass is 266 g/mol. The van der Waals surface area contributed by atoms with Crippen LogP contribution >= 0.6 is 0 Å². The number of carboxylic acid groups (broad SMARTS) is 1. The van der Waals surface area contributed by atoms with Gasteiger partial charge in [0, 0.05) is 18.3 Å². The first-order valence-corrected chi connectivity index (χ1v) is 5.78. The molecule has 6 heteroatoms. The van der Waals surface area contributed by atoms with Crippen LogP contribution in [0, 0.1) is 0 Å². The topological polar surface area (TPSA) is 89.9 Å². The van der Waals surface area contributed by atoms with E-state index in [0.29, 0.717) is 5.69 Å². The van der Waals surface area contributed by atoms with Crippen LogP contribution in [0.4, 0.5) is 10.5 Å². The van der Waals surface area contributed by atoms with Gasteiger partial charge >= 0.3 is 12.0 Å². The minimum Gasteiger partial charge on any atom is -0.508 e. The van der Waals surface area contributed by atoms with E-state index in [0.717, 1.165) is 0 Å². The van der Waals surface area contributed by atoms with Crippen molar-refractivity contribution in [1.29, 1.82) is 0 Å². The second kappa shape index (κ2) is 5.60. The number of benzene rings is 1. The van der Waals surface area contributed by atoms with Crippen molar-refractivity contribution in [3.63, 3.8) is 0 Å². The number of aliphatic carboxylic acids is 1. The summed E-state index contributed by atoms with van der Waals surface area (Å²) in [6.07, 6.45) is -0.165. The predicted molar refractivity (Wildman–Crippen MR) is 71.4 cm³/mol. The molecule has 19 heavy (non-hydrogen) atoms. The lowest BCUT2D eigenvalue weighted by Gasteiger charge is -2.28. The van der Waals surface area contributed by atoms with E-state index in [1.807, 2.05) is 0 Å². The Labute approximate surface area is 111 Å². The van der Waals surface area contributed by atoms with E-state index in [1.165, 1.54) is 17.0 Å². The smallest absolute Gasteiger partial charge is 0.322 e. The lowest BCUT2D eigenvalue weighted by molar-refractivity contribution is -0.138. The average Bonchev–Trinajstić information content (AvgIpc) is 2.26. The van der Waals surface area contributed by atoms with Crippen LogP contribution in [0.5, 0.6) is 5.75 Å². The zero-order chi connectivity index (χ0) is 14.6. The molecule has 0 saturated carbocycles. The van der Waals surface area contributed by atoms with Crippen molar-refractivity contribution < 1.29 is 19.8 Å². The van der Waals surface area contributed by atoms with Gasteiger partial charge in [0.05, 0.1) is 6.42 Å². The summed E-state index contributed by atoms with van der Waals surface area (Å²) in [6, 6.07) is 5.73. The maximum Gasteiger partial charge on any atom is 0.322 e. The zero-order valence-corrected chi connectivity index (χ0v) is 11.2. The second-order valence-corrected chi connectivity index (χ2v) is 4.96. The maximum absolute atomic E-state index is 12.0. The third-order valence-electron chi connectivity index (χ3n) is 2.58. The molecule has 0 saturated heterocycles. The summed E-state index contributed by atoms with van der Waals surface area (Å²) in [7, 11) is 1.57. The minimum absolute atomic E-state index is 0.115. The number of amides is 2. The molecular formula is C13H18N2O4. The lowest BCUT2D eigenvalue weighted by Crippen LogP contribution is -2.50. The normalized spacial score (nSPS) is 10.9. The van der Waals surface area contributed by atoms with Crippen LogP contribution in [0.25, 0.3) is 0 Å². The van der Waals surface area contributed by atoms with Crippen LogP contribution in [-0.4, -0.2) is 34.8 Å². The van der Waals surface area contributed by atoms with Crippen molar-refractivity contribution in [1.82, 2.24) is 5.32 Å². The molecule has 0 fully saturated rings. The molecule has 0 aliphatic heterocycles. The Hall–Kier alpha value is -2.24. The highest BCUT2D eigenvalue weighted by molar-refractivity contribution is 5.92. The van der Waals surface area contributed by atoms with Gasteiger partial charge in [0.1, 0.15) is 5.75 Å². The number of carbonyl (C=O) groups excluding carboxylic acids is 1. The highest BCUT2D eigenvalue weighted by atomic mass is 16.4. The number of nitrogens with one attached hydrogen (secondary N) is 1. The molecule has 3 N–H and O–H groups in total. The quantitative estimate of drug-likeness (QED) is 0.775. The van der Waals surface area contributed by atoms with Gasteiger partial charge in [-0.2, -0.15) is 0 Å². The van der Waals surface area contributed by atoms with Gasteiger partial charge in [0.25, 0.3) is 0 Å². The molecule has 1 aromatic rings. The fourth-order valence-corrected chi connectivity index (χ4v) is 1.59. The maximum atomic E-state index is 12.0. The number of urea groups is 1. The molecule has 1 rings (SSSR count). The molecule has 104 valence electrons. The van der Waals surface area contributed by atoms with Crippen LogP contribution in [0.15, 0.2) is 24.3 Å². The van der Waals surface area contributed by atoms with Crippen molar-refractivity contribution in [2.45, 2.75) is 25.8 Å². The number of rotatable bonds is 4. The molecule has 2 amide bonds. The summed E-state index contributed by atoms with van der Waals surface area (Å²) in [5.41, 5.74) is -0.241. The van der Waals surface area contributed by atoms with E-state index in [4.69, 9.17) is 5.11 Å². The molecule has 6 nitrogen and oxygen atoms in total. The first-order valence-electron chi connectivity index (χ1n) is 5.78. The van der Waals surface area contributed by atoms with Gasteiger partial charge in [-0.15, -0.1) is 0 Å². The molecule has 0 radical (unpaired) electrons. The largest absolute Gasteiger partial charge is 0.508 e. The third kappa shape index (κ3) is 4.50. The van der Waals surface area contributed by atoms with Crippen LogP contribution in [-0.2, 0) is 4.79 Å². The van der Waals surface area contributed by atoms with Crippen molar-refractivity contribution in [2.24, 2.45) is 0 Å². The zero-order valence-electron chi connectivity index (χ0n) is 11.2. The van der Waals surface area contributed by atoms with Crippen LogP contribution in [0.1, 0.15) is 20.3 Å². The second-order valence-electron chi connectivity index (χ2n) is 4.96. The van der Waals surface area contributed by atoms with E-state index in [-0.39, 0.29) is 12.2 Å². The van der Waals surface area contributed by atoms with Crippen LogP contribution in [0.2, 0.25) is 0 Å². The molecule has 1 aromatic carbocycles. The van der Waals surface area contributed by atoms with Crippen molar-refractivity contribution in [3.05, 3.63) is 24.3 Å². The molecule has 0 bridgehead atoms. The number of hydrogen-bond donors (Lipinski definition) is 3. The number of anilines is 1.